The summed E-state index contributed by atoms with van der Waals surface area (Å²) in [5.41, 5.74) is 1.26. The molecule has 0 aliphatic carbocycles. The molecule has 0 spiro atoms. The molecule has 0 unspecified atom stereocenters. The fourth-order valence-electron chi connectivity index (χ4n) is 1.93. The third kappa shape index (κ3) is 2.57. The first-order chi connectivity index (χ1) is 9.02. The summed E-state index contributed by atoms with van der Waals surface area (Å²) in [5.74, 6) is -0.327. The van der Waals surface area contributed by atoms with Gasteiger partial charge in [0.1, 0.15) is 5.75 Å². The summed E-state index contributed by atoms with van der Waals surface area (Å²) in [4.78, 5) is 22.7. The van der Waals surface area contributed by atoms with Crippen LogP contribution in [-0.4, -0.2) is 19.0 Å². The van der Waals surface area contributed by atoms with E-state index in [1.165, 1.54) is 14.0 Å². The minimum atomic E-state index is -0.419. The van der Waals surface area contributed by atoms with Crippen molar-refractivity contribution in [1.29, 1.82) is 0 Å². The van der Waals surface area contributed by atoms with Crippen molar-refractivity contribution in [1.82, 2.24) is 0 Å². The fourth-order valence-corrected chi connectivity index (χ4v) is 1.93. The molecule has 0 aromatic heterocycles. The second-order valence-corrected chi connectivity index (χ2v) is 4.23. The Balaban J connectivity index is 2.66. The molecule has 0 amide bonds. The topological polar surface area (TPSA) is 52.6 Å². The van der Waals surface area contributed by atoms with E-state index >= 15 is 0 Å². The van der Waals surface area contributed by atoms with Crippen molar-refractivity contribution in [3.05, 3.63) is 41.5 Å². The number of hydrogen-bond acceptors (Lipinski definition) is 4. The number of hydrogen-bond donors (Lipinski definition) is 0. The van der Waals surface area contributed by atoms with Gasteiger partial charge < -0.3 is 9.47 Å². The fraction of sp³-hybridized carbons (Fsp3) is 0.200. The van der Waals surface area contributed by atoms with Gasteiger partial charge >= 0.3 is 11.9 Å². The number of carbonyl (C=O) groups is 2. The van der Waals surface area contributed by atoms with E-state index in [1.807, 2.05) is 19.1 Å². The Bertz CT molecular complexity index is 658. The minimum Gasteiger partial charge on any atom is -0.465 e. The van der Waals surface area contributed by atoms with Crippen molar-refractivity contribution in [2.45, 2.75) is 13.8 Å². The maximum atomic E-state index is 11.5. The lowest BCUT2D eigenvalue weighted by molar-refractivity contribution is -0.131. The number of esters is 2. The zero-order chi connectivity index (χ0) is 14.0. The highest BCUT2D eigenvalue weighted by Crippen LogP contribution is 2.30. The average Bonchev–Trinajstić information content (AvgIpc) is 2.40. The average molecular weight is 258 g/mol. The van der Waals surface area contributed by atoms with Crippen LogP contribution in [0.5, 0.6) is 5.75 Å². The molecule has 98 valence electrons. The van der Waals surface area contributed by atoms with Gasteiger partial charge in [-0.2, -0.15) is 0 Å². The molecule has 0 aliphatic heterocycles. The van der Waals surface area contributed by atoms with Crippen molar-refractivity contribution in [2.24, 2.45) is 0 Å². The van der Waals surface area contributed by atoms with Gasteiger partial charge in [0, 0.05) is 12.3 Å². The molecule has 4 nitrogen and oxygen atoms in total. The van der Waals surface area contributed by atoms with E-state index < -0.39 is 5.97 Å². The smallest absolute Gasteiger partial charge is 0.337 e. The highest BCUT2D eigenvalue weighted by Gasteiger charge is 2.12. The van der Waals surface area contributed by atoms with Crippen molar-refractivity contribution in [3.8, 4) is 5.75 Å². The second-order valence-electron chi connectivity index (χ2n) is 4.23. The third-order valence-corrected chi connectivity index (χ3v) is 2.84. The van der Waals surface area contributed by atoms with Crippen molar-refractivity contribution in [3.63, 3.8) is 0 Å². The second kappa shape index (κ2) is 5.10. The van der Waals surface area contributed by atoms with Crippen LogP contribution in [-0.2, 0) is 9.53 Å². The molecule has 0 saturated heterocycles. The lowest BCUT2D eigenvalue weighted by atomic mass is 10.0. The maximum Gasteiger partial charge on any atom is 0.337 e. The molecular formula is C15H14O4. The molecule has 0 heterocycles. The van der Waals surface area contributed by atoms with Gasteiger partial charge in [0.15, 0.2) is 0 Å². The molecule has 0 saturated carbocycles. The molecule has 2 aromatic carbocycles. The van der Waals surface area contributed by atoms with Crippen molar-refractivity contribution in [2.75, 3.05) is 7.11 Å². The Morgan fingerprint density at radius 3 is 2.42 bits per heavy atom. The predicted molar refractivity (Wildman–Crippen MR) is 71.3 cm³/mol. The number of carbonyl (C=O) groups excluding carboxylic acids is 2. The summed E-state index contributed by atoms with van der Waals surface area (Å²) in [6.07, 6.45) is 0. The largest absolute Gasteiger partial charge is 0.465 e. The minimum absolute atomic E-state index is 0.390. The van der Waals surface area contributed by atoms with Gasteiger partial charge in [-0.3, -0.25) is 4.79 Å². The van der Waals surface area contributed by atoms with E-state index in [0.717, 1.165) is 16.3 Å². The van der Waals surface area contributed by atoms with Crippen LogP contribution in [0.4, 0.5) is 0 Å². The van der Waals surface area contributed by atoms with Gasteiger partial charge in [-0.25, -0.2) is 4.79 Å². The van der Waals surface area contributed by atoms with Crippen molar-refractivity contribution >= 4 is 22.7 Å². The lowest BCUT2D eigenvalue weighted by Crippen LogP contribution is -2.05. The molecule has 0 bridgehead atoms. The number of benzene rings is 2. The van der Waals surface area contributed by atoms with Gasteiger partial charge in [-0.05, 0) is 30.0 Å². The monoisotopic (exact) mass is 258 g/mol. The predicted octanol–water partition coefficient (Wildman–Crippen LogP) is 2.86. The standard InChI is InChI=1S/C15H14O4/c1-9-4-5-11-6-7-12(15(17)18-3)8-13(11)14(9)19-10(2)16/h4-8H,1-3H3. The van der Waals surface area contributed by atoms with Gasteiger partial charge in [0.2, 0.25) is 0 Å². The number of aryl methyl sites for hydroxylation is 1. The Morgan fingerprint density at radius 1 is 1.11 bits per heavy atom. The number of methoxy groups -OCH3 is 1. The summed E-state index contributed by atoms with van der Waals surface area (Å²) in [6.45, 7) is 3.20. The molecule has 0 N–H and O–H groups in total. The highest BCUT2D eigenvalue weighted by molar-refractivity contribution is 5.98. The zero-order valence-corrected chi connectivity index (χ0v) is 11.0. The van der Waals surface area contributed by atoms with E-state index in [1.54, 1.807) is 18.2 Å². The molecule has 4 heteroatoms. The van der Waals surface area contributed by atoms with Gasteiger partial charge in [0.25, 0.3) is 0 Å². The van der Waals surface area contributed by atoms with Gasteiger partial charge in [-0.1, -0.05) is 18.2 Å². The normalized spacial score (nSPS) is 10.3. The first kappa shape index (κ1) is 13.1. The first-order valence-electron chi connectivity index (χ1n) is 5.83. The molecule has 2 aromatic rings. The van der Waals surface area contributed by atoms with Gasteiger partial charge in [0.05, 0.1) is 12.7 Å². The quantitative estimate of drug-likeness (QED) is 0.614. The molecule has 0 radical (unpaired) electrons. The molecule has 0 atom stereocenters. The number of fused-ring (bicyclic) bond motifs is 1. The van der Waals surface area contributed by atoms with Crippen molar-refractivity contribution < 1.29 is 19.1 Å². The van der Waals surface area contributed by atoms with Crippen LogP contribution >= 0.6 is 0 Å². The maximum absolute atomic E-state index is 11.5. The zero-order valence-electron chi connectivity index (χ0n) is 11.0. The van der Waals surface area contributed by atoms with Gasteiger partial charge in [-0.15, -0.1) is 0 Å². The summed E-state index contributed by atoms with van der Waals surface area (Å²) in [7, 11) is 1.33. The van der Waals surface area contributed by atoms with Crippen LogP contribution in [0.25, 0.3) is 10.8 Å². The van der Waals surface area contributed by atoms with Crippen LogP contribution in [0.2, 0.25) is 0 Å². The number of rotatable bonds is 2. The summed E-state index contributed by atoms with van der Waals surface area (Å²) >= 11 is 0. The van der Waals surface area contributed by atoms with Crippen LogP contribution in [0.3, 0.4) is 0 Å². The molecule has 2 rings (SSSR count). The lowest BCUT2D eigenvalue weighted by Gasteiger charge is -2.10. The summed E-state index contributed by atoms with van der Waals surface area (Å²) < 4.78 is 9.93. The Morgan fingerprint density at radius 2 is 1.79 bits per heavy atom. The SMILES string of the molecule is COC(=O)c1ccc2ccc(C)c(OC(C)=O)c2c1. The molecule has 19 heavy (non-hydrogen) atoms. The Kier molecular flexibility index (Phi) is 3.51. The summed E-state index contributed by atoms with van der Waals surface area (Å²) in [6, 6.07) is 8.94. The number of ether oxygens (including phenoxy) is 2. The highest BCUT2D eigenvalue weighted by atomic mass is 16.5. The Labute approximate surface area is 110 Å². The van der Waals surface area contributed by atoms with E-state index in [-0.39, 0.29) is 5.97 Å². The van der Waals surface area contributed by atoms with Crippen LogP contribution in [0.1, 0.15) is 22.8 Å². The summed E-state index contributed by atoms with van der Waals surface area (Å²) in [5, 5.41) is 1.62. The van der Waals surface area contributed by atoms with E-state index in [0.29, 0.717) is 11.3 Å². The van der Waals surface area contributed by atoms with Crippen LogP contribution in [0.15, 0.2) is 30.3 Å². The van der Waals surface area contributed by atoms with E-state index in [9.17, 15) is 9.59 Å². The molecular weight excluding hydrogens is 244 g/mol. The van der Waals surface area contributed by atoms with Crippen LogP contribution < -0.4 is 4.74 Å². The first-order valence-corrected chi connectivity index (χ1v) is 5.83. The molecule has 0 aliphatic rings. The molecule has 0 fully saturated rings. The Hall–Kier alpha value is -2.36. The van der Waals surface area contributed by atoms with E-state index in [4.69, 9.17) is 4.74 Å². The third-order valence-electron chi connectivity index (χ3n) is 2.84. The van der Waals surface area contributed by atoms with Crippen LogP contribution in [0, 0.1) is 6.92 Å². The van der Waals surface area contributed by atoms with E-state index in [2.05, 4.69) is 4.74 Å².